The Balaban J connectivity index is 2.37. The Bertz CT molecular complexity index is 562. The first-order valence-corrected chi connectivity index (χ1v) is 4.96. The van der Waals surface area contributed by atoms with Gasteiger partial charge in [0.2, 0.25) is 0 Å². The van der Waals surface area contributed by atoms with Gasteiger partial charge in [0.15, 0.2) is 5.82 Å². The lowest BCUT2D eigenvalue weighted by atomic mass is 10.1. The fraction of sp³-hybridized carbons (Fsp3) is 0.0909. The second-order valence-corrected chi connectivity index (χ2v) is 3.61. The van der Waals surface area contributed by atoms with E-state index in [0.29, 0.717) is 17.2 Å². The smallest absolute Gasteiger partial charge is 0.337 e. The summed E-state index contributed by atoms with van der Waals surface area (Å²) in [5.74, 6) is -0.441. The SMILES string of the molecule is Cn1ccc(Nc2cc(N)ccc2C(=O)O)n1. The van der Waals surface area contributed by atoms with Gasteiger partial charge in [0.05, 0.1) is 11.3 Å². The van der Waals surface area contributed by atoms with Gasteiger partial charge in [-0.3, -0.25) is 4.68 Å². The number of nitrogens with two attached hydrogens (primary N) is 1. The van der Waals surface area contributed by atoms with Gasteiger partial charge < -0.3 is 16.2 Å². The summed E-state index contributed by atoms with van der Waals surface area (Å²) in [6, 6.07) is 6.32. The highest BCUT2D eigenvalue weighted by atomic mass is 16.4. The number of aryl methyl sites for hydroxylation is 1. The van der Waals surface area contributed by atoms with Gasteiger partial charge >= 0.3 is 5.97 Å². The van der Waals surface area contributed by atoms with Gasteiger partial charge in [-0.05, 0) is 18.2 Å². The number of hydrogen-bond acceptors (Lipinski definition) is 4. The van der Waals surface area contributed by atoms with Gasteiger partial charge in [-0.25, -0.2) is 4.79 Å². The van der Waals surface area contributed by atoms with E-state index in [1.165, 1.54) is 6.07 Å². The Labute approximate surface area is 97.7 Å². The van der Waals surface area contributed by atoms with Gasteiger partial charge in [-0.2, -0.15) is 5.10 Å². The number of benzene rings is 1. The monoisotopic (exact) mass is 232 g/mol. The molecule has 17 heavy (non-hydrogen) atoms. The molecule has 0 saturated carbocycles. The number of carbonyl (C=O) groups is 1. The molecule has 1 aromatic carbocycles. The molecule has 0 bridgehead atoms. The average molecular weight is 232 g/mol. The maximum absolute atomic E-state index is 11.0. The van der Waals surface area contributed by atoms with Crippen LogP contribution in [0.4, 0.5) is 17.2 Å². The first-order valence-electron chi connectivity index (χ1n) is 4.96. The van der Waals surface area contributed by atoms with Crippen molar-refractivity contribution in [1.29, 1.82) is 0 Å². The molecule has 0 unspecified atom stereocenters. The molecular formula is C11H12N4O2. The van der Waals surface area contributed by atoms with E-state index < -0.39 is 5.97 Å². The summed E-state index contributed by atoms with van der Waals surface area (Å²) >= 11 is 0. The van der Waals surface area contributed by atoms with Gasteiger partial charge in [-0.15, -0.1) is 0 Å². The van der Waals surface area contributed by atoms with E-state index in [2.05, 4.69) is 10.4 Å². The Hall–Kier alpha value is -2.50. The molecule has 0 spiro atoms. The molecular weight excluding hydrogens is 220 g/mol. The number of carboxylic acid groups (broad SMARTS) is 1. The summed E-state index contributed by atoms with van der Waals surface area (Å²) in [7, 11) is 1.78. The quantitative estimate of drug-likeness (QED) is 0.696. The highest BCUT2D eigenvalue weighted by Crippen LogP contribution is 2.22. The van der Waals surface area contributed by atoms with E-state index in [0.717, 1.165) is 0 Å². The number of anilines is 3. The predicted octanol–water partition coefficient (Wildman–Crippen LogP) is 1.44. The Kier molecular flexibility index (Phi) is 2.70. The Morgan fingerprint density at radius 1 is 1.47 bits per heavy atom. The third-order valence-electron chi connectivity index (χ3n) is 2.25. The Morgan fingerprint density at radius 3 is 2.82 bits per heavy atom. The molecule has 0 atom stereocenters. The minimum absolute atomic E-state index is 0.157. The van der Waals surface area contributed by atoms with Gasteiger partial charge in [0, 0.05) is 25.0 Å². The summed E-state index contributed by atoms with van der Waals surface area (Å²) in [4.78, 5) is 11.0. The number of nitrogens with zero attached hydrogens (tertiary/aromatic N) is 2. The van der Waals surface area contributed by atoms with Crippen LogP contribution in [0.5, 0.6) is 0 Å². The third kappa shape index (κ3) is 2.36. The summed E-state index contributed by atoms with van der Waals surface area (Å²) < 4.78 is 1.62. The molecule has 4 N–H and O–H groups in total. The van der Waals surface area contributed by atoms with Crippen molar-refractivity contribution < 1.29 is 9.90 Å². The first kappa shape index (κ1) is 11.0. The van der Waals surface area contributed by atoms with E-state index >= 15 is 0 Å². The summed E-state index contributed by atoms with van der Waals surface area (Å²) in [6.07, 6.45) is 1.76. The number of carboxylic acids is 1. The fourth-order valence-corrected chi connectivity index (χ4v) is 1.47. The average Bonchev–Trinajstić information content (AvgIpc) is 2.63. The number of aromatic nitrogens is 2. The number of nitrogens with one attached hydrogen (secondary N) is 1. The molecule has 0 fully saturated rings. The lowest BCUT2D eigenvalue weighted by Gasteiger charge is -2.07. The van der Waals surface area contributed by atoms with Crippen molar-refractivity contribution in [3.8, 4) is 0 Å². The van der Waals surface area contributed by atoms with Crippen LogP contribution in [0.3, 0.4) is 0 Å². The number of hydrogen-bond donors (Lipinski definition) is 3. The van der Waals surface area contributed by atoms with Gasteiger partial charge in [-0.1, -0.05) is 0 Å². The van der Waals surface area contributed by atoms with E-state index in [1.54, 1.807) is 36.1 Å². The summed E-state index contributed by atoms with van der Waals surface area (Å²) in [6.45, 7) is 0. The van der Waals surface area contributed by atoms with Crippen LogP contribution < -0.4 is 11.1 Å². The lowest BCUT2D eigenvalue weighted by molar-refractivity contribution is 0.0698. The van der Waals surface area contributed by atoms with Crippen LogP contribution in [0.1, 0.15) is 10.4 Å². The van der Waals surface area contributed by atoms with E-state index in [9.17, 15) is 4.79 Å². The van der Waals surface area contributed by atoms with E-state index in [1.807, 2.05) is 0 Å². The van der Waals surface area contributed by atoms with Crippen molar-refractivity contribution in [2.24, 2.45) is 7.05 Å². The molecule has 2 aromatic rings. The molecule has 6 heteroatoms. The lowest BCUT2D eigenvalue weighted by Crippen LogP contribution is -2.04. The second kappa shape index (κ2) is 4.17. The number of aromatic carboxylic acids is 1. The highest BCUT2D eigenvalue weighted by molar-refractivity contribution is 5.95. The first-order chi connectivity index (χ1) is 8.06. The molecule has 6 nitrogen and oxygen atoms in total. The van der Waals surface area contributed by atoms with E-state index in [4.69, 9.17) is 10.8 Å². The van der Waals surface area contributed by atoms with Gasteiger partial charge in [0.25, 0.3) is 0 Å². The van der Waals surface area contributed by atoms with Crippen molar-refractivity contribution in [1.82, 2.24) is 9.78 Å². The zero-order valence-corrected chi connectivity index (χ0v) is 9.21. The maximum atomic E-state index is 11.0. The fourth-order valence-electron chi connectivity index (χ4n) is 1.47. The largest absolute Gasteiger partial charge is 0.478 e. The van der Waals surface area contributed by atoms with Crippen LogP contribution in [0.2, 0.25) is 0 Å². The Morgan fingerprint density at radius 2 is 2.24 bits per heavy atom. The molecule has 0 aliphatic heterocycles. The number of nitrogen functional groups attached to an aromatic ring is 1. The number of rotatable bonds is 3. The van der Waals surface area contributed by atoms with Crippen LogP contribution >= 0.6 is 0 Å². The third-order valence-corrected chi connectivity index (χ3v) is 2.25. The van der Waals surface area contributed by atoms with Crippen LogP contribution in [0.25, 0.3) is 0 Å². The molecule has 2 rings (SSSR count). The second-order valence-electron chi connectivity index (χ2n) is 3.61. The molecule has 0 aliphatic carbocycles. The van der Waals surface area contributed by atoms with Crippen molar-refractivity contribution in [3.05, 3.63) is 36.0 Å². The van der Waals surface area contributed by atoms with Crippen LogP contribution in [-0.4, -0.2) is 20.9 Å². The standard InChI is InChI=1S/C11H12N4O2/c1-15-5-4-10(14-15)13-9-6-7(12)2-3-8(9)11(16)17/h2-6H,12H2,1H3,(H,13,14)(H,16,17). The normalized spacial score (nSPS) is 10.2. The topological polar surface area (TPSA) is 93.2 Å². The molecule has 0 aliphatic rings. The predicted molar refractivity (Wildman–Crippen MR) is 64.3 cm³/mol. The molecule has 88 valence electrons. The molecule has 0 radical (unpaired) electrons. The summed E-state index contributed by atoms with van der Waals surface area (Å²) in [5, 5.41) is 16.1. The van der Waals surface area contributed by atoms with Crippen molar-refractivity contribution >= 4 is 23.2 Å². The molecule has 1 aromatic heterocycles. The van der Waals surface area contributed by atoms with Crippen molar-refractivity contribution in [3.63, 3.8) is 0 Å². The van der Waals surface area contributed by atoms with E-state index in [-0.39, 0.29) is 5.56 Å². The van der Waals surface area contributed by atoms with Crippen LogP contribution in [-0.2, 0) is 7.05 Å². The zero-order valence-electron chi connectivity index (χ0n) is 9.21. The minimum atomic E-state index is -1.01. The molecule has 1 heterocycles. The van der Waals surface area contributed by atoms with Crippen molar-refractivity contribution in [2.75, 3.05) is 11.1 Å². The maximum Gasteiger partial charge on any atom is 0.337 e. The molecule has 0 amide bonds. The molecule has 0 saturated heterocycles. The van der Waals surface area contributed by atoms with Gasteiger partial charge in [0.1, 0.15) is 0 Å². The van der Waals surface area contributed by atoms with Crippen LogP contribution in [0, 0.1) is 0 Å². The summed E-state index contributed by atoms with van der Waals surface area (Å²) in [5.41, 5.74) is 6.71. The zero-order chi connectivity index (χ0) is 12.4. The van der Waals surface area contributed by atoms with Crippen LogP contribution in [0.15, 0.2) is 30.5 Å². The minimum Gasteiger partial charge on any atom is -0.478 e. The van der Waals surface area contributed by atoms with Crippen molar-refractivity contribution in [2.45, 2.75) is 0 Å². The highest BCUT2D eigenvalue weighted by Gasteiger charge is 2.11.